The Kier molecular flexibility index (Phi) is 9.72. The first-order valence-corrected chi connectivity index (χ1v) is 12.1. The van der Waals surface area contributed by atoms with Crippen LogP contribution in [0.25, 0.3) is 0 Å². The fraction of sp³-hybridized carbons (Fsp3) is 0.346. The van der Waals surface area contributed by atoms with Crippen LogP contribution in [0.4, 0.5) is 5.69 Å². The van der Waals surface area contributed by atoms with E-state index in [9.17, 15) is 14.4 Å². The molecular formula is C26H29Cl2N3O4. The maximum absolute atomic E-state index is 13.2. The Balaban J connectivity index is 1.73. The Labute approximate surface area is 215 Å². The Hall–Kier alpha value is -2.87. The number of anilines is 1. The molecule has 9 heteroatoms. The van der Waals surface area contributed by atoms with Crippen LogP contribution in [-0.2, 0) is 25.5 Å². The van der Waals surface area contributed by atoms with Gasteiger partial charge in [-0.15, -0.1) is 0 Å². The number of nitrogens with zero attached hydrogens (tertiary/aromatic N) is 2. The number of hydrogen-bond acceptors (Lipinski definition) is 5. The third-order valence-electron chi connectivity index (χ3n) is 5.97. The first-order valence-electron chi connectivity index (χ1n) is 11.4. The van der Waals surface area contributed by atoms with Crippen molar-refractivity contribution < 1.29 is 19.1 Å². The Morgan fingerprint density at radius 2 is 1.74 bits per heavy atom. The summed E-state index contributed by atoms with van der Waals surface area (Å²) in [7, 11) is 3.06. The van der Waals surface area contributed by atoms with E-state index >= 15 is 0 Å². The predicted octanol–water partition coefficient (Wildman–Crippen LogP) is 4.50. The highest BCUT2D eigenvalue weighted by Gasteiger charge is 2.26. The quantitative estimate of drug-likeness (QED) is 0.391. The van der Waals surface area contributed by atoms with Gasteiger partial charge in [-0.2, -0.15) is 0 Å². The summed E-state index contributed by atoms with van der Waals surface area (Å²) in [5, 5.41) is 3.59. The van der Waals surface area contributed by atoms with Crippen molar-refractivity contribution in [2.75, 3.05) is 39.1 Å². The normalized spacial score (nSPS) is 14.6. The number of methoxy groups -OCH3 is 1. The summed E-state index contributed by atoms with van der Waals surface area (Å²) in [5.41, 5.74) is 2.34. The van der Waals surface area contributed by atoms with Crippen molar-refractivity contribution in [1.82, 2.24) is 9.80 Å². The molecule has 3 rings (SSSR count). The van der Waals surface area contributed by atoms with Crippen LogP contribution in [0, 0.1) is 0 Å². The van der Waals surface area contributed by atoms with E-state index in [1.807, 2.05) is 25.2 Å². The molecule has 0 saturated carbocycles. The maximum atomic E-state index is 13.2. The van der Waals surface area contributed by atoms with Gasteiger partial charge >= 0.3 is 5.97 Å². The molecule has 1 fully saturated rings. The van der Waals surface area contributed by atoms with E-state index in [1.54, 1.807) is 29.2 Å². The molecule has 7 nitrogen and oxygen atoms in total. The molecule has 2 aromatic carbocycles. The van der Waals surface area contributed by atoms with Crippen molar-refractivity contribution in [3.05, 3.63) is 75.8 Å². The van der Waals surface area contributed by atoms with Crippen molar-refractivity contribution >= 4 is 46.7 Å². The van der Waals surface area contributed by atoms with E-state index < -0.39 is 11.9 Å². The molecular weight excluding hydrogens is 489 g/mol. The highest BCUT2D eigenvalue weighted by Crippen LogP contribution is 2.27. The van der Waals surface area contributed by atoms with Gasteiger partial charge in [0.1, 0.15) is 0 Å². The highest BCUT2D eigenvalue weighted by atomic mass is 35.5. The van der Waals surface area contributed by atoms with Crippen molar-refractivity contribution in [3.63, 3.8) is 0 Å². The molecule has 1 aliphatic rings. The molecule has 0 aromatic heterocycles. The van der Waals surface area contributed by atoms with Gasteiger partial charge in [-0.05, 0) is 61.3 Å². The fourth-order valence-electron chi connectivity index (χ4n) is 3.97. The van der Waals surface area contributed by atoms with Crippen molar-refractivity contribution in [3.8, 4) is 0 Å². The molecule has 0 radical (unpaired) electrons. The number of halogens is 2. The summed E-state index contributed by atoms with van der Waals surface area (Å²) in [4.78, 5) is 40.5. The molecule has 0 aliphatic carbocycles. The lowest BCUT2D eigenvalue weighted by molar-refractivity contribution is -0.135. The van der Waals surface area contributed by atoms with Crippen molar-refractivity contribution in [1.29, 1.82) is 0 Å². The third-order valence-corrected chi connectivity index (χ3v) is 6.70. The fourth-order valence-corrected chi connectivity index (χ4v) is 4.29. The van der Waals surface area contributed by atoms with Crippen LogP contribution < -0.4 is 5.32 Å². The van der Waals surface area contributed by atoms with Gasteiger partial charge in [0.05, 0.1) is 29.6 Å². The second-order valence-electron chi connectivity index (χ2n) is 8.42. The van der Waals surface area contributed by atoms with Crippen molar-refractivity contribution in [2.24, 2.45) is 0 Å². The van der Waals surface area contributed by atoms with Crippen LogP contribution >= 0.6 is 23.2 Å². The summed E-state index contributed by atoms with van der Waals surface area (Å²) in [6, 6.07) is 12.4. The number of nitrogens with one attached hydrogen (secondary N) is 1. The van der Waals surface area contributed by atoms with Gasteiger partial charge in [-0.3, -0.25) is 9.59 Å². The second kappa shape index (κ2) is 12.7. The number of amides is 2. The molecule has 0 spiro atoms. The van der Waals surface area contributed by atoms with Gasteiger partial charge < -0.3 is 19.9 Å². The van der Waals surface area contributed by atoms with Gasteiger partial charge in [-0.25, -0.2) is 4.79 Å². The van der Waals surface area contributed by atoms with Crippen LogP contribution in [0.3, 0.4) is 0 Å². The minimum Gasteiger partial charge on any atom is -0.466 e. The number of carbonyl (C=O) groups excluding carboxylic acids is 3. The molecule has 1 unspecified atom stereocenters. The van der Waals surface area contributed by atoms with E-state index in [1.165, 1.54) is 7.11 Å². The molecule has 186 valence electrons. The number of esters is 1. The molecule has 1 aliphatic heterocycles. The number of rotatable bonds is 9. The molecule has 2 aromatic rings. The van der Waals surface area contributed by atoms with Crippen LogP contribution in [0.1, 0.15) is 30.0 Å². The van der Waals surface area contributed by atoms with E-state index in [-0.39, 0.29) is 18.4 Å². The van der Waals surface area contributed by atoms with Gasteiger partial charge in [0.25, 0.3) is 0 Å². The summed E-state index contributed by atoms with van der Waals surface area (Å²) >= 11 is 12.1. The number of hydrogen-bond donors (Lipinski definition) is 1. The monoisotopic (exact) mass is 517 g/mol. The average molecular weight is 518 g/mol. The number of likely N-dealkylation sites (tertiary alicyclic amines) is 1. The van der Waals surface area contributed by atoms with Gasteiger partial charge in [0.15, 0.2) is 0 Å². The smallest absolute Gasteiger partial charge is 0.330 e. The molecule has 2 amide bonds. The van der Waals surface area contributed by atoms with Crippen LogP contribution in [0.15, 0.2) is 54.6 Å². The standard InChI is InChI=1S/C26H29Cl2N3O4/c1-30(25(33)16-18-5-10-21(27)22(28)15-18)23(17-31-13-3-4-14-31)19-6-8-20(9-7-19)29-24(32)11-12-26(34)35-2/h5-12,15,23H,3-4,13-14,16-17H2,1-2H3,(H,29,32)/b12-11+. The predicted molar refractivity (Wildman–Crippen MR) is 138 cm³/mol. The average Bonchev–Trinajstić information content (AvgIpc) is 3.37. The number of benzene rings is 2. The van der Waals surface area contributed by atoms with Crippen LogP contribution in [0.5, 0.6) is 0 Å². The van der Waals surface area contributed by atoms with Gasteiger partial charge in [0.2, 0.25) is 11.8 Å². The molecule has 1 N–H and O–H groups in total. The zero-order valence-corrected chi connectivity index (χ0v) is 21.3. The Morgan fingerprint density at radius 3 is 2.37 bits per heavy atom. The second-order valence-corrected chi connectivity index (χ2v) is 9.24. The summed E-state index contributed by atoms with van der Waals surface area (Å²) in [6.07, 6.45) is 4.69. The van der Waals surface area contributed by atoms with Gasteiger partial charge in [-0.1, -0.05) is 41.4 Å². The summed E-state index contributed by atoms with van der Waals surface area (Å²) < 4.78 is 4.48. The van der Waals surface area contributed by atoms with E-state index in [2.05, 4.69) is 15.0 Å². The SMILES string of the molecule is COC(=O)/C=C/C(=O)Nc1ccc(C(CN2CCCC2)N(C)C(=O)Cc2ccc(Cl)c(Cl)c2)cc1. The van der Waals surface area contributed by atoms with Crippen LogP contribution in [-0.4, -0.2) is 61.4 Å². The molecule has 1 heterocycles. The Morgan fingerprint density at radius 1 is 1.06 bits per heavy atom. The molecule has 0 bridgehead atoms. The first kappa shape index (κ1) is 26.7. The molecule has 1 atom stereocenters. The summed E-state index contributed by atoms with van der Waals surface area (Å²) in [5.74, 6) is -1.07. The largest absolute Gasteiger partial charge is 0.466 e. The van der Waals surface area contributed by atoms with Gasteiger partial charge in [0, 0.05) is 31.4 Å². The summed E-state index contributed by atoms with van der Waals surface area (Å²) in [6.45, 7) is 2.73. The highest BCUT2D eigenvalue weighted by molar-refractivity contribution is 6.42. The lowest BCUT2D eigenvalue weighted by Crippen LogP contribution is -2.39. The van der Waals surface area contributed by atoms with Crippen LogP contribution in [0.2, 0.25) is 10.0 Å². The third kappa shape index (κ3) is 7.82. The topological polar surface area (TPSA) is 79.0 Å². The first-order chi connectivity index (χ1) is 16.8. The zero-order chi connectivity index (χ0) is 25.4. The van der Waals surface area contributed by atoms with Crippen molar-refractivity contribution in [2.45, 2.75) is 25.3 Å². The number of carbonyl (C=O) groups is 3. The zero-order valence-electron chi connectivity index (χ0n) is 19.8. The Bertz CT molecular complexity index is 1080. The molecule has 35 heavy (non-hydrogen) atoms. The minimum atomic E-state index is -0.603. The maximum Gasteiger partial charge on any atom is 0.330 e. The number of likely N-dealkylation sites (N-methyl/N-ethyl adjacent to an activating group) is 1. The van der Waals surface area contributed by atoms with E-state index in [0.717, 1.165) is 55.8 Å². The lowest BCUT2D eigenvalue weighted by atomic mass is 10.0. The molecule has 1 saturated heterocycles. The number of ether oxygens (including phenoxy) is 1. The lowest BCUT2D eigenvalue weighted by Gasteiger charge is -2.32. The minimum absolute atomic E-state index is 0.0297. The van der Waals surface area contributed by atoms with E-state index in [4.69, 9.17) is 23.2 Å². The van der Waals surface area contributed by atoms with E-state index in [0.29, 0.717) is 15.7 Å².